The lowest BCUT2D eigenvalue weighted by Crippen LogP contribution is -2.35. The molecule has 0 saturated carbocycles. The Hall–Kier alpha value is -3.11. The molecule has 4 N–H and O–H groups in total. The molecule has 0 fully saturated rings. The fourth-order valence-corrected chi connectivity index (χ4v) is 3.31. The zero-order valence-corrected chi connectivity index (χ0v) is 16.7. The number of benzene rings is 2. The summed E-state index contributed by atoms with van der Waals surface area (Å²) < 4.78 is 19.6. The van der Waals surface area contributed by atoms with Crippen LogP contribution in [0.1, 0.15) is 36.8 Å². The maximum Gasteiger partial charge on any atom is 0.171 e. The van der Waals surface area contributed by atoms with Crippen molar-refractivity contribution in [2.75, 3.05) is 11.1 Å². The van der Waals surface area contributed by atoms with Gasteiger partial charge in [-0.1, -0.05) is 13.8 Å². The van der Waals surface area contributed by atoms with Crippen LogP contribution in [0.25, 0.3) is 11.0 Å². The third-order valence-corrected chi connectivity index (χ3v) is 4.82. The van der Waals surface area contributed by atoms with Crippen LogP contribution in [0.3, 0.4) is 0 Å². The smallest absolute Gasteiger partial charge is 0.171 e. The summed E-state index contributed by atoms with van der Waals surface area (Å²) in [5, 5.41) is 16.5. The summed E-state index contributed by atoms with van der Waals surface area (Å²) in [7, 11) is 0. The van der Waals surface area contributed by atoms with Gasteiger partial charge in [-0.25, -0.2) is 4.39 Å². The Morgan fingerprint density at radius 3 is 2.68 bits per heavy atom. The molecule has 0 amide bonds. The Bertz CT molecular complexity index is 1080. The predicted molar refractivity (Wildman–Crippen MR) is 113 cm³/mol. The number of nitriles is 1. The van der Waals surface area contributed by atoms with Crippen molar-refractivity contribution in [3.63, 3.8) is 0 Å². The standard InChI is InChI=1S/C21H21FN4OS/c1-11(2)19(20-12(3)15-9-14(22)5-7-18(15)27-20)26-21(28)25-17-8-13(10-23)4-6-16(17)24/h4-9,11,19H,24H2,1-3H3,(H2,25,26,28)/t19-/m0/s1. The van der Waals surface area contributed by atoms with Crippen LogP contribution in [-0.4, -0.2) is 5.11 Å². The first-order valence-corrected chi connectivity index (χ1v) is 9.26. The van der Waals surface area contributed by atoms with Crippen molar-refractivity contribution in [3.8, 4) is 6.07 Å². The van der Waals surface area contributed by atoms with Gasteiger partial charge in [-0.3, -0.25) is 0 Å². The zero-order valence-electron chi connectivity index (χ0n) is 15.8. The lowest BCUT2D eigenvalue weighted by molar-refractivity contribution is 0.388. The van der Waals surface area contributed by atoms with Crippen LogP contribution in [-0.2, 0) is 0 Å². The summed E-state index contributed by atoms with van der Waals surface area (Å²) in [6, 6.07) is 11.3. The van der Waals surface area contributed by atoms with Crippen molar-refractivity contribution < 1.29 is 8.81 Å². The molecule has 28 heavy (non-hydrogen) atoms. The molecule has 5 nitrogen and oxygen atoms in total. The van der Waals surface area contributed by atoms with E-state index in [4.69, 9.17) is 27.6 Å². The summed E-state index contributed by atoms with van der Waals surface area (Å²) in [6.45, 7) is 5.98. The van der Waals surface area contributed by atoms with Gasteiger partial charge in [-0.05, 0) is 61.5 Å². The summed E-state index contributed by atoms with van der Waals surface area (Å²) >= 11 is 5.45. The van der Waals surface area contributed by atoms with Crippen LogP contribution in [0.4, 0.5) is 15.8 Å². The van der Waals surface area contributed by atoms with Gasteiger partial charge in [-0.15, -0.1) is 0 Å². The number of furan rings is 1. The maximum absolute atomic E-state index is 13.6. The molecule has 0 saturated heterocycles. The Balaban J connectivity index is 1.87. The second-order valence-corrected chi connectivity index (χ2v) is 7.37. The highest BCUT2D eigenvalue weighted by atomic mass is 32.1. The third kappa shape index (κ3) is 3.92. The topological polar surface area (TPSA) is 87.0 Å². The number of thiocarbonyl (C=S) groups is 1. The number of nitrogen functional groups attached to an aromatic ring is 1. The molecule has 1 heterocycles. The van der Waals surface area contributed by atoms with Crippen molar-refractivity contribution in [2.24, 2.45) is 5.92 Å². The maximum atomic E-state index is 13.6. The van der Waals surface area contributed by atoms with Crippen molar-refractivity contribution in [1.82, 2.24) is 5.32 Å². The highest BCUT2D eigenvalue weighted by Gasteiger charge is 2.24. The summed E-state index contributed by atoms with van der Waals surface area (Å²) in [6.07, 6.45) is 0. The van der Waals surface area contributed by atoms with Crippen molar-refractivity contribution >= 4 is 39.7 Å². The minimum atomic E-state index is -0.304. The summed E-state index contributed by atoms with van der Waals surface area (Å²) in [5.41, 5.74) is 9.00. The molecule has 0 aliphatic rings. The van der Waals surface area contributed by atoms with Crippen LogP contribution < -0.4 is 16.4 Å². The number of nitrogens with one attached hydrogen (secondary N) is 2. The van der Waals surface area contributed by atoms with E-state index in [-0.39, 0.29) is 17.8 Å². The van der Waals surface area contributed by atoms with E-state index in [9.17, 15) is 4.39 Å². The van der Waals surface area contributed by atoms with Gasteiger partial charge in [0, 0.05) is 10.9 Å². The first kappa shape index (κ1) is 19.6. The van der Waals surface area contributed by atoms with E-state index in [0.717, 1.165) is 10.9 Å². The van der Waals surface area contributed by atoms with Crippen molar-refractivity contribution in [3.05, 3.63) is 59.1 Å². The number of anilines is 2. The molecule has 0 aliphatic heterocycles. The largest absolute Gasteiger partial charge is 0.459 e. The minimum Gasteiger partial charge on any atom is -0.459 e. The van der Waals surface area contributed by atoms with Gasteiger partial charge in [0.2, 0.25) is 0 Å². The number of hydrogen-bond donors (Lipinski definition) is 3. The lowest BCUT2D eigenvalue weighted by atomic mass is 9.98. The molecule has 3 aromatic rings. The molecule has 0 aliphatic carbocycles. The van der Waals surface area contributed by atoms with Crippen LogP contribution in [0.5, 0.6) is 0 Å². The Labute approximate surface area is 168 Å². The zero-order chi connectivity index (χ0) is 20.4. The average Bonchev–Trinajstić information content (AvgIpc) is 2.97. The second-order valence-electron chi connectivity index (χ2n) is 6.97. The molecule has 0 radical (unpaired) electrons. The molecule has 1 aromatic heterocycles. The second kappa shape index (κ2) is 7.87. The third-order valence-electron chi connectivity index (χ3n) is 4.60. The van der Waals surface area contributed by atoms with E-state index in [1.807, 2.05) is 20.8 Å². The van der Waals surface area contributed by atoms with E-state index in [0.29, 0.717) is 33.4 Å². The van der Waals surface area contributed by atoms with Gasteiger partial charge >= 0.3 is 0 Å². The number of aryl methyl sites for hydroxylation is 1. The minimum absolute atomic E-state index is 0.145. The van der Waals surface area contributed by atoms with E-state index in [1.54, 1.807) is 24.3 Å². The molecular formula is C21H21FN4OS. The molecule has 144 valence electrons. The molecule has 7 heteroatoms. The number of nitrogens with zero attached hydrogens (tertiary/aromatic N) is 1. The van der Waals surface area contributed by atoms with Crippen LogP contribution in [0, 0.1) is 30.0 Å². The number of halogens is 1. The first-order chi connectivity index (χ1) is 13.3. The van der Waals surface area contributed by atoms with Gasteiger partial charge in [-0.2, -0.15) is 5.26 Å². The average molecular weight is 396 g/mol. The number of nitrogens with two attached hydrogens (primary N) is 1. The fourth-order valence-electron chi connectivity index (χ4n) is 3.08. The van der Waals surface area contributed by atoms with Crippen molar-refractivity contribution in [1.29, 1.82) is 5.26 Å². The van der Waals surface area contributed by atoms with E-state index < -0.39 is 0 Å². The molecule has 3 rings (SSSR count). The summed E-state index contributed by atoms with van der Waals surface area (Å²) in [4.78, 5) is 0. The molecule has 0 spiro atoms. The monoisotopic (exact) mass is 396 g/mol. The quantitative estimate of drug-likeness (QED) is 0.424. The van der Waals surface area contributed by atoms with Crippen molar-refractivity contribution in [2.45, 2.75) is 26.8 Å². The fraction of sp³-hybridized carbons (Fsp3) is 0.238. The normalized spacial score (nSPS) is 12.0. The predicted octanol–water partition coefficient (Wildman–Crippen LogP) is 5.02. The van der Waals surface area contributed by atoms with Gasteiger partial charge in [0.25, 0.3) is 0 Å². The first-order valence-electron chi connectivity index (χ1n) is 8.86. The van der Waals surface area contributed by atoms with Crippen LogP contribution in [0.2, 0.25) is 0 Å². The van der Waals surface area contributed by atoms with Gasteiger partial charge < -0.3 is 20.8 Å². The molecular weight excluding hydrogens is 375 g/mol. The Morgan fingerprint density at radius 2 is 2.00 bits per heavy atom. The molecule has 1 atom stereocenters. The van der Waals surface area contributed by atoms with Crippen LogP contribution >= 0.6 is 12.2 Å². The molecule has 2 aromatic carbocycles. The van der Waals surface area contributed by atoms with Gasteiger partial charge in [0.1, 0.15) is 17.2 Å². The lowest BCUT2D eigenvalue weighted by Gasteiger charge is -2.23. The van der Waals surface area contributed by atoms with E-state index >= 15 is 0 Å². The Kier molecular flexibility index (Phi) is 5.52. The van der Waals surface area contributed by atoms with Gasteiger partial charge in [0.05, 0.1) is 29.0 Å². The number of rotatable bonds is 4. The van der Waals surface area contributed by atoms with Crippen LogP contribution in [0.15, 0.2) is 40.8 Å². The summed E-state index contributed by atoms with van der Waals surface area (Å²) in [5.74, 6) is 0.548. The van der Waals surface area contributed by atoms with E-state index in [1.165, 1.54) is 12.1 Å². The highest BCUT2D eigenvalue weighted by molar-refractivity contribution is 7.80. The molecule has 0 unspecified atom stereocenters. The van der Waals surface area contributed by atoms with E-state index in [2.05, 4.69) is 16.7 Å². The van der Waals surface area contributed by atoms with Gasteiger partial charge in [0.15, 0.2) is 5.11 Å². The number of hydrogen-bond acceptors (Lipinski definition) is 4. The Morgan fingerprint density at radius 1 is 1.25 bits per heavy atom. The number of fused-ring (bicyclic) bond motifs is 1. The molecule has 0 bridgehead atoms. The SMILES string of the molecule is Cc1c([C@@H](NC(=S)Nc2cc(C#N)ccc2N)C(C)C)oc2ccc(F)cc12. The highest BCUT2D eigenvalue weighted by Crippen LogP contribution is 2.33.